The highest BCUT2D eigenvalue weighted by Gasteiger charge is 2.10. The third-order valence-electron chi connectivity index (χ3n) is 3.06. The number of aryl methyl sites for hydroxylation is 2. The Bertz CT molecular complexity index is 697. The lowest BCUT2D eigenvalue weighted by molar-refractivity contribution is -0.384. The van der Waals surface area contributed by atoms with Crippen LogP contribution in [0.4, 0.5) is 5.69 Å². The molecule has 0 N–H and O–H groups in total. The van der Waals surface area contributed by atoms with Gasteiger partial charge >= 0.3 is 5.97 Å². The Kier molecular flexibility index (Phi) is 4.67. The molecule has 0 spiro atoms. The summed E-state index contributed by atoms with van der Waals surface area (Å²) in [7, 11) is 0. The van der Waals surface area contributed by atoms with Crippen molar-refractivity contribution < 1.29 is 19.0 Å². The molecule has 0 aliphatic rings. The van der Waals surface area contributed by atoms with Crippen LogP contribution in [0.3, 0.4) is 0 Å². The lowest BCUT2D eigenvalue weighted by Gasteiger charge is -2.01. The van der Waals surface area contributed by atoms with Crippen LogP contribution in [0, 0.1) is 24.0 Å². The molecule has 0 aliphatic carbocycles. The normalized spacial score (nSPS) is 10.8. The van der Waals surface area contributed by atoms with E-state index in [0.29, 0.717) is 17.0 Å². The molecule has 0 unspecified atom stereocenters. The molecule has 0 radical (unpaired) electrons. The number of non-ortho nitro benzene ring substituents is 1. The Labute approximate surface area is 126 Å². The van der Waals surface area contributed by atoms with Gasteiger partial charge in [-0.1, -0.05) is 5.16 Å². The van der Waals surface area contributed by atoms with Crippen LogP contribution >= 0.6 is 0 Å². The van der Waals surface area contributed by atoms with Crippen molar-refractivity contribution in [1.29, 1.82) is 0 Å². The molecule has 0 aliphatic heterocycles. The number of aromatic nitrogens is 1. The minimum absolute atomic E-state index is 0.00173. The fourth-order valence-corrected chi connectivity index (χ4v) is 1.77. The Morgan fingerprint density at radius 1 is 1.36 bits per heavy atom. The second kappa shape index (κ2) is 6.66. The zero-order chi connectivity index (χ0) is 16.1. The van der Waals surface area contributed by atoms with E-state index in [2.05, 4.69) is 5.16 Å². The summed E-state index contributed by atoms with van der Waals surface area (Å²) >= 11 is 0. The number of nitrogens with zero attached hydrogens (tertiary/aromatic N) is 2. The van der Waals surface area contributed by atoms with E-state index in [0.717, 1.165) is 5.56 Å². The minimum Gasteiger partial charge on any atom is -0.457 e. The second-order valence-electron chi connectivity index (χ2n) is 4.59. The van der Waals surface area contributed by atoms with Crippen molar-refractivity contribution in [3.05, 3.63) is 63.0 Å². The van der Waals surface area contributed by atoms with Gasteiger partial charge < -0.3 is 9.26 Å². The van der Waals surface area contributed by atoms with E-state index in [4.69, 9.17) is 9.26 Å². The van der Waals surface area contributed by atoms with E-state index in [1.165, 1.54) is 24.3 Å². The van der Waals surface area contributed by atoms with Gasteiger partial charge in [0.15, 0.2) is 0 Å². The SMILES string of the molecule is Cc1noc(C)c1COC(=O)/C=C/c1ccc([N+](=O)[O-])cc1. The zero-order valence-electron chi connectivity index (χ0n) is 12.1. The van der Waals surface area contributed by atoms with Crippen molar-refractivity contribution in [3.63, 3.8) is 0 Å². The predicted molar refractivity (Wildman–Crippen MR) is 77.9 cm³/mol. The fourth-order valence-electron chi connectivity index (χ4n) is 1.77. The van der Waals surface area contributed by atoms with Crippen molar-refractivity contribution in [2.45, 2.75) is 20.5 Å². The quantitative estimate of drug-likeness (QED) is 0.364. The lowest BCUT2D eigenvalue weighted by atomic mass is 10.2. The minimum atomic E-state index is -0.515. The summed E-state index contributed by atoms with van der Waals surface area (Å²) in [5.74, 6) is 0.100. The van der Waals surface area contributed by atoms with Gasteiger partial charge in [0.1, 0.15) is 12.4 Å². The average molecular weight is 302 g/mol. The maximum absolute atomic E-state index is 11.6. The molecule has 0 amide bonds. The monoisotopic (exact) mass is 302 g/mol. The summed E-state index contributed by atoms with van der Waals surface area (Å²) in [6, 6.07) is 5.84. The maximum atomic E-state index is 11.6. The highest BCUT2D eigenvalue weighted by atomic mass is 16.6. The third kappa shape index (κ3) is 3.78. The first-order valence-electron chi connectivity index (χ1n) is 6.48. The Morgan fingerprint density at radius 2 is 2.05 bits per heavy atom. The highest BCUT2D eigenvalue weighted by Crippen LogP contribution is 2.14. The summed E-state index contributed by atoms with van der Waals surface area (Å²) < 4.78 is 10.1. The molecule has 7 nitrogen and oxygen atoms in total. The fraction of sp³-hybridized carbons (Fsp3) is 0.200. The van der Waals surface area contributed by atoms with E-state index >= 15 is 0 Å². The number of carbonyl (C=O) groups is 1. The highest BCUT2D eigenvalue weighted by molar-refractivity contribution is 5.87. The average Bonchev–Trinajstić information content (AvgIpc) is 2.82. The number of ether oxygens (including phenoxy) is 1. The predicted octanol–water partition coefficient (Wildman–Crippen LogP) is 2.96. The number of nitro benzene ring substituents is 1. The first-order valence-corrected chi connectivity index (χ1v) is 6.48. The molecule has 0 atom stereocenters. The molecule has 22 heavy (non-hydrogen) atoms. The molecule has 0 fully saturated rings. The molecule has 1 aromatic carbocycles. The number of hydrogen-bond acceptors (Lipinski definition) is 6. The van der Waals surface area contributed by atoms with E-state index in [1.807, 2.05) is 0 Å². The van der Waals surface area contributed by atoms with Gasteiger partial charge in [0.05, 0.1) is 16.2 Å². The molecular formula is C15H14N2O5. The molecule has 0 bridgehead atoms. The summed E-state index contributed by atoms with van der Waals surface area (Å²) in [4.78, 5) is 21.7. The molecule has 7 heteroatoms. The third-order valence-corrected chi connectivity index (χ3v) is 3.06. The van der Waals surface area contributed by atoms with E-state index in [9.17, 15) is 14.9 Å². The smallest absolute Gasteiger partial charge is 0.331 e. The summed E-state index contributed by atoms with van der Waals surface area (Å²) in [5.41, 5.74) is 2.10. The molecule has 1 aromatic heterocycles. The van der Waals surface area contributed by atoms with Crippen LogP contribution in [0.25, 0.3) is 6.08 Å². The Balaban J connectivity index is 1.92. The first-order chi connectivity index (χ1) is 10.5. The molecule has 0 saturated carbocycles. The standard InChI is InChI=1S/C15H14N2O5/c1-10-14(11(2)22-16-10)9-21-15(18)8-5-12-3-6-13(7-4-12)17(19)20/h3-8H,9H2,1-2H3/b8-5+. The number of carbonyl (C=O) groups excluding carboxylic acids is 1. The first kappa shape index (κ1) is 15.4. The van der Waals surface area contributed by atoms with Gasteiger partial charge in [0, 0.05) is 18.2 Å². The largest absolute Gasteiger partial charge is 0.457 e. The van der Waals surface area contributed by atoms with Gasteiger partial charge in [-0.2, -0.15) is 0 Å². The molecule has 0 saturated heterocycles. The van der Waals surface area contributed by atoms with Crippen LogP contribution in [-0.4, -0.2) is 16.0 Å². The summed E-state index contributed by atoms with van der Waals surface area (Å²) in [6.45, 7) is 3.60. The molecule has 114 valence electrons. The van der Waals surface area contributed by atoms with Crippen LogP contribution in [0.5, 0.6) is 0 Å². The molecule has 2 aromatic rings. The van der Waals surface area contributed by atoms with Crippen molar-refractivity contribution in [3.8, 4) is 0 Å². The van der Waals surface area contributed by atoms with Crippen LogP contribution in [-0.2, 0) is 16.1 Å². The van der Waals surface area contributed by atoms with Crippen LogP contribution in [0.15, 0.2) is 34.9 Å². The topological polar surface area (TPSA) is 95.5 Å². The van der Waals surface area contributed by atoms with E-state index in [-0.39, 0.29) is 12.3 Å². The van der Waals surface area contributed by atoms with Crippen molar-refractivity contribution >= 4 is 17.7 Å². The Morgan fingerprint density at radius 3 is 2.59 bits per heavy atom. The van der Waals surface area contributed by atoms with Gasteiger partial charge in [-0.3, -0.25) is 10.1 Å². The maximum Gasteiger partial charge on any atom is 0.331 e. The van der Waals surface area contributed by atoms with Crippen LogP contribution in [0.2, 0.25) is 0 Å². The summed E-state index contributed by atoms with van der Waals surface area (Å²) in [5, 5.41) is 14.3. The van der Waals surface area contributed by atoms with Gasteiger partial charge in [-0.05, 0) is 37.6 Å². The number of rotatable bonds is 5. The van der Waals surface area contributed by atoms with E-state index < -0.39 is 10.9 Å². The van der Waals surface area contributed by atoms with Crippen LogP contribution in [0.1, 0.15) is 22.6 Å². The molecular weight excluding hydrogens is 288 g/mol. The van der Waals surface area contributed by atoms with Crippen LogP contribution < -0.4 is 0 Å². The van der Waals surface area contributed by atoms with Gasteiger partial charge in [0.2, 0.25) is 0 Å². The number of esters is 1. The van der Waals surface area contributed by atoms with Crippen molar-refractivity contribution in [2.24, 2.45) is 0 Å². The molecule has 1 heterocycles. The zero-order valence-corrected chi connectivity index (χ0v) is 12.1. The Hall–Kier alpha value is -2.96. The van der Waals surface area contributed by atoms with Crippen molar-refractivity contribution in [1.82, 2.24) is 5.16 Å². The van der Waals surface area contributed by atoms with Crippen molar-refractivity contribution in [2.75, 3.05) is 0 Å². The van der Waals surface area contributed by atoms with Gasteiger partial charge in [-0.15, -0.1) is 0 Å². The number of nitro groups is 1. The van der Waals surface area contributed by atoms with Gasteiger partial charge in [-0.25, -0.2) is 4.79 Å². The summed E-state index contributed by atoms with van der Waals surface area (Å²) in [6.07, 6.45) is 2.79. The number of benzene rings is 1. The van der Waals surface area contributed by atoms with E-state index in [1.54, 1.807) is 26.0 Å². The number of hydrogen-bond donors (Lipinski definition) is 0. The second-order valence-corrected chi connectivity index (χ2v) is 4.59. The molecule has 2 rings (SSSR count). The van der Waals surface area contributed by atoms with Gasteiger partial charge in [0.25, 0.3) is 5.69 Å². The lowest BCUT2D eigenvalue weighted by Crippen LogP contribution is -2.02.